The number of aliphatic hydroxyl groups is 1. The fourth-order valence-corrected chi connectivity index (χ4v) is 2.36. The van der Waals surface area contributed by atoms with E-state index in [2.05, 4.69) is 16.5 Å². The quantitative estimate of drug-likeness (QED) is 0.575. The fraction of sp³-hybridized carbons (Fsp3) is 0.900. The highest BCUT2D eigenvalue weighted by atomic mass is 32.2. The van der Waals surface area contributed by atoms with Crippen LogP contribution in [0.25, 0.3) is 0 Å². The molecule has 0 amide bonds. The molecule has 0 bridgehead atoms. The molecule has 0 radical (unpaired) electrons. The summed E-state index contributed by atoms with van der Waals surface area (Å²) >= 11 is 7.13. The second kappa shape index (κ2) is 7.30. The molecule has 0 aliphatic carbocycles. The van der Waals surface area contributed by atoms with Gasteiger partial charge >= 0.3 is 0 Å². The van der Waals surface area contributed by atoms with Crippen molar-refractivity contribution in [1.82, 2.24) is 10.2 Å². The van der Waals surface area contributed by atoms with E-state index >= 15 is 0 Å². The molecule has 0 aromatic rings. The van der Waals surface area contributed by atoms with E-state index in [0.29, 0.717) is 6.54 Å². The third-order valence-corrected chi connectivity index (χ3v) is 3.58. The van der Waals surface area contributed by atoms with E-state index in [-0.39, 0.29) is 6.10 Å². The molecule has 1 heterocycles. The van der Waals surface area contributed by atoms with E-state index in [9.17, 15) is 5.11 Å². The Morgan fingerprint density at radius 2 is 2.47 bits per heavy atom. The van der Waals surface area contributed by atoms with E-state index < -0.39 is 0 Å². The molecule has 1 atom stereocenters. The zero-order valence-corrected chi connectivity index (χ0v) is 10.9. The molecule has 1 fully saturated rings. The number of thiocarbonyl (C=S) groups is 1. The summed E-state index contributed by atoms with van der Waals surface area (Å²) in [5, 5.41) is 13.5. The highest BCUT2D eigenvalue weighted by molar-refractivity contribution is 7.98. The third kappa shape index (κ3) is 5.04. The third-order valence-electron chi connectivity index (χ3n) is 2.49. The van der Waals surface area contributed by atoms with Gasteiger partial charge in [0.2, 0.25) is 0 Å². The van der Waals surface area contributed by atoms with Crippen LogP contribution >= 0.6 is 24.0 Å². The molecule has 1 aliphatic heterocycles. The van der Waals surface area contributed by atoms with Crippen molar-refractivity contribution in [2.45, 2.75) is 25.4 Å². The van der Waals surface area contributed by atoms with Gasteiger partial charge in [-0.3, -0.25) is 0 Å². The second-order valence-corrected chi connectivity index (χ2v) is 5.19. The average Bonchev–Trinajstić information content (AvgIpc) is 2.24. The lowest BCUT2D eigenvalue weighted by Gasteiger charge is -2.32. The monoisotopic (exact) mass is 248 g/mol. The first-order valence-electron chi connectivity index (χ1n) is 5.44. The van der Waals surface area contributed by atoms with Crippen LogP contribution in [0.4, 0.5) is 0 Å². The number of piperidine rings is 1. The van der Waals surface area contributed by atoms with Crippen LogP contribution in [0.1, 0.15) is 19.3 Å². The van der Waals surface area contributed by atoms with Crippen LogP contribution in [-0.2, 0) is 0 Å². The zero-order chi connectivity index (χ0) is 11.1. The van der Waals surface area contributed by atoms with Crippen LogP contribution in [0.5, 0.6) is 0 Å². The van der Waals surface area contributed by atoms with Gasteiger partial charge in [0.1, 0.15) is 0 Å². The first-order valence-corrected chi connectivity index (χ1v) is 7.24. The van der Waals surface area contributed by atoms with E-state index in [0.717, 1.165) is 43.2 Å². The van der Waals surface area contributed by atoms with E-state index in [1.54, 1.807) is 0 Å². The Labute approximate surface area is 102 Å². The fourth-order valence-electron chi connectivity index (χ4n) is 1.66. The number of hydrogen-bond acceptors (Lipinski definition) is 3. The van der Waals surface area contributed by atoms with Crippen LogP contribution in [0.2, 0.25) is 0 Å². The summed E-state index contributed by atoms with van der Waals surface area (Å²) in [6, 6.07) is 0. The highest BCUT2D eigenvalue weighted by Gasteiger charge is 2.19. The molecule has 88 valence electrons. The van der Waals surface area contributed by atoms with Crippen molar-refractivity contribution in [3.05, 3.63) is 0 Å². The number of rotatable bonds is 4. The molecule has 1 unspecified atom stereocenters. The Morgan fingerprint density at radius 1 is 1.67 bits per heavy atom. The Bertz CT molecular complexity index is 202. The summed E-state index contributed by atoms with van der Waals surface area (Å²) in [5.41, 5.74) is 0. The van der Waals surface area contributed by atoms with Crippen molar-refractivity contribution in [3.8, 4) is 0 Å². The van der Waals surface area contributed by atoms with E-state index in [1.165, 1.54) is 0 Å². The van der Waals surface area contributed by atoms with Crippen molar-refractivity contribution in [2.24, 2.45) is 0 Å². The van der Waals surface area contributed by atoms with Crippen LogP contribution < -0.4 is 5.32 Å². The molecule has 0 aromatic heterocycles. The first kappa shape index (κ1) is 13.1. The molecular weight excluding hydrogens is 228 g/mol. The van der Waals surface area contributed by atoms with Gasteiger partial charge in [-0.2, -0.15) is 11.8 Å². The Kier molecular flexibility index (Phi) is 6.36. The molecule has 0 aromatic carbocycles. The van der Waals surface area contributed by atoms with Gasteiger partial charge in [0, 0.05) is 19.6 Å². The molecule has 2 N–H and O–H groups in total. The van der Waals surface area contributed by atoms with Crippen LogP contribution in [0.15, 0.2) is 0 Å². The van der Waals surface area contributed by atoms with Gasteiger partial charge in [-0.1, -0.05) is 0 Å². The number of aliphatic hydroxyl groups excluding tert-OH is 1. The van der Waals surface area contributed by atoms with Gasteiger partial charge in [-0.15, -0.1) is 0 Å². The van der Waals surface area contributed by atoms with E-state index in [4.69, 9.17) is 12.2 Å². The second-order valence-electron chi connectivity index (χ2n) is 3.82. The average molecular weight is 248 g/mol. The minimum absolute atomic E-state index is 0.204. The lowest BCUT2D eigenvalue weighted by molar-refractivity contribution is 0.103. The normalized spacial score (nSPS) is 21.5. The standard InChI is InChI=1S/C10H20N2OS2/c1-15-7-3-5-11-10(14)12-6-2-4-9(13)8-12/h9,13H,2-8H2,1H3,(H,11,14). The SMILES string of the molecule is CSCCCNC(=S)N1CCCC(O)C1. The lowest BCUT2D eigenvalue weighted by atomic mass is 10.1. The minimum atomic E-state index is -0.204. The molecule has 15 heavy (non-hydrogen) atoms. The molecule has 1 saturated heterocycles. The van der Waals surface area contributed by atoms with Crippen LogP contribution in [-0.4, -0.2) is 52.9 Å². The number of nitrogens with zero attached hydrogens (tertiary/aromatic N) is 1. The predicted molar refractivity (Wildman–Crippen MR) is 70.4 cm³/mol. The van der Waals surface area contributed by atoms with Crippen molar-refractivity contribution < 1.29 is 5.11 Å². The molecule has 1 aliphatic rings. The predicted octanol–water partition coefficient (Wildman–Crippen LogP) is 1.07. The van der Waals surface area contributed by atoms with Gasteiger partial charge in [0.05, 0.1) is 6.10 Å². The smallest absolute Gasteiger partial charge is 0.169 e. The zero-order valence-electron chi connectivity index (χ0n) is 9.24. The van der Waals surface area contributed by atoms with Gasteiger partial charge in [-0.25, -0.2) is 0 Å². The summed E-state index contributed by atoms with van der Waals surface area (Å²) < 4.78 is 0. The molecule has 0 spiro atoms. The lowest BCUT2D eigenvalue weighted by Crippen LogP contribution is -2.47. The first-order chi connectivity index (χ1) is 7.24. The Balaban J connectivity index is 2.15. The molecule has 0 saturated carbocycles. The maximum absolute atomic E-state index is 9.51. The van der Waals surface area contributed by atoms with Crippen molar-refractivity contribution in [1.29, 1.82) is 0 Å². The Morgan fingerprint density at radius 3 is 3.13 bits per heavy atom. The van der Waals surface area contributed by atoms with Gasteiger partial charge in [-0.05, 0) is 43.5 Å². The summed E-state index contributed by atoms with van der Waals surface area (Å²) in [5.74, 6) is 1.16. The number of nitrogens with one attached hydrogen (secondary N) is 1. The topological polar surface area (TPSA) is 35.5 Å². The van der Waals surface area contributed by atoms with Crippen molar-refractivity contribution in [2.75, 3.05) is 31.6 Å². The molecule has 3 nitrogen and oxygen atoms in total. The largest absolute Gasteiger partial charge is 0.391 e. The van der Waals surface area contributed by atoms with Gasteiger partial charge < -0.3 is 15.3 Å². The van der Waals surface area contributed by atoms with Crippen molar-refractivity contribution in [3.63, 3.8) is 0 Å². The maximum Gasteiger partial charge on any atom is 0.169 e. The summed E-state index contributed by atoms with van der Waals surface area (Å²) in [7, 11) is 0. The molecule has 5 heteroatoms. The summed E-state index contributed by atoms with van der Waals surface area (Å²) in [4.78, 5) is 2.07. The summed E-state index contributed by atoms with van der Waals surface area (Å²) in [6.07, 6.45) is 4.99. The Hall–Kier alpha value is -0.0000000000000000486. The van der Waals surface area contributed by atoms with Gasteiger partial charge in [0.25, 0.3) is 0 Å². The number of hydrogen-bond donors (Lipinski definition) is 2. The highest BCUT2D eigenvalue weighted by Crippen LogP contribution is 2.09. The molecule has 1 rings (SSSR count). The van der Waals surface area contributed by atoms with Crippen LogP contribution in [0, 0.1) is 0 Å². The van der Waals surface area contributed by atoms with Crippen LogP contribution in [0.3, 0.4) is 0 Å². The minimum Gasteiger partial charge on any atom is -0.391 e. The van der Waals surface area contributed by atoms with E-state index in [1.807, 2.05) is 11.8 Å². The van der Waals surface area contributed by atoms with Gasteiger partial charge in [0.15, 0.2) is 5.11 Å². The maximum atomic E-state index is 9.51. The number of likely N-dealkylation sites (tertiary alicyclic amines) is 1. The molecular formula is C10H20N2OS2. The summed E-state index contributed by atoms with van der Waals surface area (Å²) in [6.45, 7) is 2.60. The van der Waals surface area contributed by atoms with Crippen molar-refractivity contribution >= 4 is 29.1 Å². The number of β-amino-alcohol motifs (C(OH)–C–C–N with tert-alkyl or cyclic N) is 1. The number of thioether (sulfide) groups is 1.